The van der Waals surface area contributed by atoms with Crippen LogP contribution in [0.15, 0.2) is 24.3 Å². The Kier molecular flexibility index (Phi) is 6.07. The van der Waals surface area contributed by atoms with Gasteiger partial charge in [0.15, 0.2) is 13.6 Å². The summed E-state index contributed by atoms with van der Waals surface area (Å²) >= 11 is 23.3. The summed E-state index contributed by atoms with van der Waals surface area (Å²) in [6.45, 7) is -2.78. The molecule has 8 heteroatoms. The van der Waals surface area contributed by atoms with Crippen molar-refractivity contribution < 1.29 is 4.74 Å². The predicted molar refractivity (Wildman–Crippen MR) is 72.7 cm³/mol. The topological polar surface area (TPSA) is 12.5 Å². The molecule has 0 amide bonds. The highest BCUT2D eigenvalue weighted by atomic mass is 35.9. The molecular weight excluding hydrogens is 318 g/mol. The average molecular weight is 325 g/mol. The van der Waals surface area contributed by atoms with Crippen molar-refractivity contribution in [1.82, 2.24) is 0 Å². The summed E-state index contributed by atoms with van der Waals surface area (Å²) < 4.78 is 6.61. The molecule has 0 saturated carbocycles. The second-order valence-corrected chi connectivity index (χ2v) is 9.27. The first-order chi connectivity index (χ1) is 7.06. The largest absolute Gasteiger partial charge is 0.497 e. The van der Waals surface area contributed by atoms with Gasteiger partial charge in [0.25, 0.3) is 0 Å². The fourth-order valence-corrected chi connectivity index (χ4v) is 6.69. The first-order valence-electron chi connectivity index (χ1n) is 3.73. The van der Waals surface area contributed by atoms with Gasteiger partial charge in [0.2, 0.25) is 0 Å². The van der Waals surface area contributed by atoms with Crippen molar-refractivity contribution in [2.45, 2.75) is 0 Å². The molecule has 0 bridgehead atoms. The van der Waals surface area contributed by atoms with Crippen LogP contribution in [0.5, 0.6) is 5.75 Å². The fourth-order valence-electron chi connectivity index (χ4n) is 0.941. The van der Waals surface area contributed by atoms with Gasteiger partial charge in [-0.1, -0.05) is 45.0 Å². The molecule has 15 heavy (non-hydrogen) atoms. The first kappa shape index (κ1) is 13.9. The smallest absolute Gasteiger partial charge is 0.192 e. The van der Waals surface area contributed by atoms with Crippen LogP contribution in [0.25, 0.3) is 0 Å². The summed E-state index contributed by atoms with van der Waals surface area (Å²) in [5, 5.41) is 0. The Bertz CT molecular complexity index is 300. The molecule has 0 fully saturated rings. The molecule has 0 radical (unpaired) electrons. The monoisotopic (exact) mass is 323 g/mol. The van der Waals surface area contributed by atoms with Crippen molar-refractivity contribution in [3.05, 3.63) is 24.3 Å². The Labute approximate surface area is 110 Å². The third kappa shape index (κ3) is 3.97. The zero-order valence-electron chi connectivity index (χ0n) is 7.57. The summed E-state index contributed by atoms with van der Waals surface area (Å²) in [7, 11) is 1.60. The molecule has 1 aromatic carbocycles. The number of rotatable bonds is 4. The lowest BCUT2D eigenvalue weighted by Crippen LogP contribution is -2.00. The predicted octanol–water partition coefficient (Wildman–Crippen LogP) is 5.91. The maximum Gasteiger partial charge on any atom is 0.192 e. The van der Waals surface area contributed by atoms with Crippen LogP contribution in [0.2, 0.25) is 0 Å². The van der Waals surface area contributed by atoms with Crippen molar-refractivity contribution in [3.63, 3.8) is 0 Å². The Hall–Kier alpha value is 0.840. The summed E-state index contributed by atoms with van der Waals surface area (Å²) in [6, 6.07) is 7.20. The highest BCUT2D eigenvalue weighted by Gasteiger charge is 2.21. The molecule has 0 aliphatic heterocycles. The quantitative estimate of drug-likeness (QED) is 0.638. The van der Waals surface area contributed by atoms with E-state index in [2.05, 4.69) is 0 Å². The third-order valence-electron chi connectivity index (χ3n) is 1.59. The van der Waals surface area contributed by atoms with E-state index < -0.39 is 13.6 Å². The molecule has 0 aromatic heterocycles. The van der Waals surface area contributed by atoms with Gasteiger partial charge in [0.05, 0.1) is 7.11 Å². The number of halogens is 4. The molecule has 0 spiro atoms. The standard InChI is InChI=1S/C7H7Cl4NOP2/c1-13-7-4-2-6(3-5-7)12(14(8)9)15(10)11/h2-5H,1H3. The molecule has 0 atom stereocenters. The molecule has 0 heterocycles. The number of anilines is 1. The van der Waals surface area contributed by atoms with E-state index in [0.29, 0.717) is 0 Å². The zero-order valence-corrected chi connectivity index (χ0v) is 12.4. The van der Waals surface area contributed by atoms with E-state index in [4.69, 9.17) is 49.7 Å². The highest BCUT2D eigenvalue weighted by Crippen LogP contribution is 2.68. The molecule has 0 unspecified atom stereocenters. The summed E-state index contributed by atoms with van der Waals surface area (Å²) in [4.78, 5) is 0. The van der Waals surface area contributed by atoms with Crippen molar-refractivity contribution in [2.24, 2.45) is 0 Å². The van der Waals surface area contributed by atoms with Crippen molar-refractivity contribution >= 4 is 64.2 Å². The van der Waals surface area contributed by atoms with Crippen molar-refractivity contribution in [3.8, 4) is 5.75 Å². The van der Waals surface area contributed by atoms with Gasteiger partial charge in [-0.25, -0.2) is 0 Å². The zero-order chi connectivity index (χ0) is 11.4. The SMILES string of the molecule is COc1ccc(N(P(Cl)Cl)P(Cl)Cl)cc1. The molecule has 0 aliphatic rings. The molecule has 1 aromatic rings. The van der Waals surface area contributed by atoms with Crippen LogP contribution in [0.1, 0.15) is 0 Å². The van der Waals surface area contributed by atoms with Crippen LogP contribution in [-0.4, -0.2) is 7.11 Å². The summed E-state index contributed by atoms with van der Waals surface area (Å²) in [5.41, 5.74) is 0.781. The van der Waals surface area contributed by atoms with Gasteiger partial charge >= 0.3 is 0 Å². The molecular formula is C7H7Cl4NOP2. The molecule has 2 nitrogen and oxygen atoms in total. The molecule has 1 rings (SSSR count). The third-order valence-corrected chi connectivity index (χ3v) is 6.78. The van der Waals surface area contributed by atoms with E-state index in [1.165, 1.54) is 0 Å². The minimum Gasteiger partial charge on any atom is -0.497 e. The lowest BCUT2D eigenvalue weighted by atomic mass is 10.3. The summed E-state index contributed by atoms with van der Waals surface area (Å²) in [5.74, 6) is 0.751. The van der Waals surface area contributed by atoms with Gasteiger partial charge in [-0.3, -0.25) is 4.44 Å². The van der Waals surface area contributed by atoms with Crippen LogP contribution in [0.4, 0.5) is 5.69 Å². The minimum atomic E-state index is -1.39. The van der Waals surface area contributed by atoms with E-state index in [1.54, 1.807) is 35.8 Å². The Morgan fingerprint density at radius 2 is 1.47 bits per heavy atom. The maximum absolute atomic E-state index is 5.82. The van der Waals surface area contributed by atoms with E-state index in [1.807, 2.05) is 0 Å². The van der Waals surface area contributed by atoms with Gasteiger partial charge in [-0.2, -0.15) is 0 Å². The lowest BCUT2D eigenvalue weighted by Gasteiger charge is -2.24. The van der Waals surface area contributed by atoms with Gasteiger partial charge in [0, 0.05) is 5.69 Å². The van der Waals surface area contributed by atoms with Crippen LogP contribution in [0, 0.1) is 0 Å². The van der Waals surface area contributed by atoms with Gasteiger partial charge in [-0.05, 0) is 24.3 Å². The number of benzene rings is 1. The highest BCUT2D eigenvalue weighted by molar-refractivity contribution is 8.18. The van der Waals surface area contributed by atoms with Crippen LogP contribution < -0.4 is 9.18 Å². The maximum atomic E-state index is 5.82. The minimum absolute atomic E-state index is 0.751. The molecule has 0 aliphatic carbocycles. The van der Waals surface area contributed by atoms with E-state index in [-0.39, 0.29) is 0 Å². The number of methoxy groups -OCH3 is 1. The normalized spacial score (nSPS) is 10.9. The summed E-state index contributed by atoms with van der Waals surface area (Å²) in [6.07, 6.45) is 0. The molecule has 0 N–H and O–H groups in total. The Morgan fingerprint density at radius 1 is 1.00 bits per heavy atom. The van der Waals surface area contributed by atoms with Gasteiger partial charge < -0.3 is 4.74 Å². The van der Waals surface area contributed by atoms with Gasteiger partial charge in [-0.15, -0.1) is 0 Å². The Morgan fingerprint density at radius 3 is 1.80 bits per heavy atom. The van der Waals surface area contributed by atoms with Crippen LogP contribution in [0.3, 0.4) is 0 Å². The Balaban J connectivity index is 2.92. The van der Waals surface area contributed by atoms with E-state index >= 15 is 0 Å². The number of hydrogen-bond donors (Lipinski definition) is 0. The van der Waals surface area contributed by atoms with Crippen molar-refractivity contribution in [1.29, 1.82) is 0 Å². The second kappa shape index (κ2) is 6.55. The first-order valence-corrected chi connectivity index (χ1v) is 9.94. The van der Waals surface area contributed by atoms with Crippen LogP contribution >= 0.6 is 58.5 Å². The molecule has 84 valence electrons. The number of hydrogen-bond acceptors (Lipinski definition) is 2. The average Bonchev–Trinajstić information content (AvgIpc) is 2.18. The lowest BCUT2D eigenvalue weighted by molar-refractivity contribution is 0.415. The van der Waals surface area contributed by atoms with E-state index in [0.717, 1.165) is 11.4 Å². The number of nitrogens with zero attached hydrogens (tertiary/aromatic N) is 1. The van der Waals surface area contributed by atoms with Gasteiger partial charge in [0.1, 0.15) is 5.75 Å². The fraction of sp³-hybridized carbons (Fsp3) is 0.143. The van der Waals surface area contributed by atoms with Crippen molar-refractivity contribution in [2.75, 3.05) is 11.6 Å². The number of ether oxygens (including phenoxy) is 1. The second-order valence-electron chi connectivity index (χ2n) is 2.42. The van der Waals surface area contributed by atoms with E-state index in [9.17, 15) is 0 Å². The van der Waals surface area contributed by atoms with Crippen LogP contribution in [-0.2, 0) is 0 Å². The molecule has 0 saturated heterocycles.